The van der Waals surface area contributed by atoms with E-state index in [1.54, 1.807) is 6.07 Å². The minimum Gasteiger partial charge on any atom is -0.494 e. The van der Waals surface area contributed by atoms with Gasteiger partial charge in [0.25, 0.3) is 0 Å². The predicted octanol–water partition coefficient (Wildman–Crippen LogP) is 3.64. The molecular weight excluding hydrogens is 515 g/mol. The molecule has 0 aromatic heterocycles. The van der Waals surface area contributed by atoms with Gasteiger partial charge in [0.1, 0.15) is 6.04 Å². The fourth-order valence-corrected chi connectivity index (χ4v) is 5.00. The number of halogens is 1. The van der Waals surface area contributed by atoms with Crippen molar-refractivity contribution in [1.29, 1.82) is 0 Å². The van der Waals surface area contributed by atoms with Gasteiger partial charge in [0.15, 0.2) is 17.5 Å². The summed E-state index contributed by atoms with van der Waals surface area (Å²) >= 11 is 0. The summed E-state index contributed by atoms with van der Waals surface area (Å²) in [5, 5.41) is 5.38. The Kier molecular flexibility index (Phi) is 11.9. The van der Waals surface area contributed by atoms with Gasteiger partial charge in [0.05, 0.1) is 20.1 Å². The molecule has 40 heavy (non-hydrogen) atoms. The fraction of sp³-hybridized carbons (Fsp3) is 0.467. The molecule has 0 bridgehead atoms. The van der Waals surface area contributed by atoms with Crippen LogP contribution in [-0.2, 0) is 32.1 Å². The average molecular weight is 555 g/mol. The topological polar surface area (TPSA) is 132 Å². The molecule has 2 amide bonds. The highest BCUT2D eigenvalue weighted by molar-refractivity contribution is 5.98. The molecule has 10 heteroatoms. The number of esters is 1. The van der Waals surface area contributed by atoms with Gasteiger partial charge in [-0.2, -0.15) is 0 Å². The summed E-state index contributed by atoms with van der Waals surface area (Å²) in [4.78, 5) is 42.7. The van der Waals surface area contributed by atoms with Gasteiger partial charge in [0, 0.05) is 13.0 Å². The lowest BCUT2D eigenvalue weighted by Crippen LogP contribution is -2.42. The van der Waals surface area contributed by atoms with Crippen LogP contribution in [0.5, 0.6) is 5.75 Å². The average Bonchev–Trinajstić information content (AvgIpc) is 2.96. The van der Waals surface area contributed by atoms with Gasteiger partial charge in [-0.25, -0.2) is 9.38 Å². The lowest BCUT2D eigenvalue weighted by molar-refractivity contribution is -0.147. The maximum absolute atomic E-state index is 13.8. The summed E-state index contributed by atoms with van der Waals surface area (Å²) in [7, 11) is 2.66. The standard InChI is InChI=1S/C30H39FN4O5/c1-39-26-17-22(13-14-24(26)31)19-33-28(37)25(16-21-11-7-4-8-12-21)34-30(32)35-27(36)18-23(29(38)40-2)15-20-9-5-3-6-10-20/h3,5-6,9-10,13-14,17,21,23,25H,4,7-8,11-12,15-16,18-19H2,1-2H3,(H,33,37)(H3,32,34,35,36)/t23-,25+/m0/s1. The van der Waals surface area contributed by atoms with Crippen molar-refractivity contribution in [1.82, 2.24) is 10.6 Å². The van der Waals surface area contributed by atoms with E-state index in [1.807, 2.05) is 30.3 Å². The van der Waals surface area contributed by atoms with Gasteiger partial charge >= 0.3 is 5.97 Å². The number of guanidine groups is 1. The first-order valence-corrected chi connectivity index (χ1v) is 13.6. The summed E-state index contributed by atoms with van der Waals surface area (Å²) in [6.07, 6.45) is 6.05. The van der Waals surface area contributed by atoms with Crippen LogP contribution in [0.3, 0.4) is 0 Å². The Morgan fingerprint density at radius 1 is 1.05 bits per heavy atom. The minimum absolute atomic E-state index is 0.0907. The third kappa shape index (κ3) is 9.66. The lowest BCUT2D eigenvalue weighted by atomic mass is 9.84. The zero-order valence-electron chi connectivity index (χ0n) is 23.2. The molecule has 2 atom stereocenters. The molecule has 0 saturated heterocycles. The highest BCUT2D eigenvalue weighted by atomic mass is 19.1. The molecule has 0 aliphatic heterocycles. The van der Waals surface area contributed by atoms with Gasteiger partial charge in [-0.1, -0.05) is 68.5 Å². The van der Waals surface area contributed by atoms with E-state index in [1.165, 1.54) is 32.8 Å². The molecule has 0 spiro atoms. The molecule has 4 N–H and O–H groups in total. The van der Waals surface area contributed by atoms with E-state index in [2.05, 4.69) is 15.6 Å². The highest BCUT2D eigenvalue weighted by Crippen LogP contribution is 2.28. The Labute approximate surface area is 234 Å². The quantitative estimate of drug-likeness (QED) is 0.209. The Morgan fingerprint density at radius 2 is 1.77 bits per heavy atom. The summed E-state index contributed by atoms with van der Waals surface area (Å²) in [6.45, 7) is 0.152. The van der Waals surface area contributed by atoms with E-state index >= 15 is 0 Å². The molecule has 2 aromatic carbocycles. The lowest BCUT2D eigenvalue weighted by Gasteiger charge is -2.24. The smallest absolute Gasteiger partial charge is 0.309 e. The van der Waals surface area contributed by atoms with Gasteiger partial charge < -0.3 is 20.5 Å². The number of amides is 2. The molecule has 1 aliphatic carbocycles. The number of nitrogens with zero attached hydrogens (tertiary/aromatic N) is 1. The monoisotopic (exact) mass is 554 g/mol. The van der Waals surface area contributed by atoms with Crippen LogP contribution in [0.4, 0.5) is 4.39 Å². The van der Waals surface area contributed by atoms with Gasteiger partial charge in [-0.15, -0.1) is 0 Å². The molecule has 9 nitrogen and oxygen atoms in total. The van der Waals surface area contributed by atoms with Crippen LogP contribution in [0.15, 0.2) is 53.5 Å². The van der Waals surface area contributed by atoms with Crippen molar-refractivity contribution in [3.8, 4) is 5.75 Å². The highest BCUT2D eigenvalue weighted by Gasteiger charge is 2.26. The summed E-state index contributed by atoms with van der Waals surface area (Å²) in [6, 6.07) is 12.9. The molecular formula is C30H39FN4O5. The first-order chi connectivity index (χ1) is 19.3. The molecule has 1 fully saturated rings. The number of carbonyl (C=O) groups is 3. The van der Waals surface area contributed by atoms with Crippen molar-refractivity contribution in [2.75, 3.05) is 14.2 Å². The van der Waals surface area contributed by atoms with Crippen LogP contribution in [0.1, 0.15) is 56.1 Å². The SMILES string of the molecule is COC(=O)[C@H](CC(=O)NC(N)=N[C@H](CC1CCCCC1)C(=O)NCc1ccc(F)c(OC)c1)Cc1ccccc1. The normalized spacial score (nSPS) is 15.5. The van der Waals surface area contributed by atoms with E-state index in [0.29, 0.717) is 24.3 Å². The number of hydrogen-bond donors (Lipinski definition) is 3. The number of carbonyl (C=O) groups excluding carboxylic acids is 3. The van der Waals surface area contributed by atoms with Gasteiger partial charge in [-0.05, 0) is 42.0 Å². The molecule has 2 aromatic rings. The van der Waals surface area contributed by atoms with Crippen LogP contribution < -0.4 is 21.1 Å². The van der Waals surface area contributed by atoms with Crippen LogP contribution in [0.25, 0.3) is 0 Å². The third-order valence-electron chi connectivity index (χ3n) is 7.12. The van der Waals surface area contributed by atoms with Gasteiger partial charge in [0.2, 0.25) is 11.8 Å². The number of ether oxygens (including phenoxy) is 2. The summed E-state index contributed by atoms with van der Waals surface area (Å²) in [5.41, 5.74) is 7.65. The number of nitrogens with two attached hydrogens (primary N) is 1. The third-order valence-corrected chi connectivity index (χ3v) is 7.12. The van der Waals surface area contributed by atoms with Crippen molar-refractivity contribution < 1.29 is 28.2 Å². The van der Waals surface area contributed by atoms with Crippen LogP contribution in [-0.4, -0.2) is 44.0 Å². The Balaban J connectivity index is 1.67. The molecule has 0 heterocycles. The van der Waals surface area contributed by atoms with E-state index in [-0.39, 0.29) is 30.6 Å². The maximum Gasteiger partial charge on any atom is 0.309 e. The van der Waals surface area contributed by atoms with Crippen LogP contribution in [0.2, 0.25) is 0 Å². The van der Waals surface area contributed by atoms with Crippen molar-refractivity contribution in [2.45, 2.75) is 64.0 Å². The van der Waals surface area contributed by atoms with Crippen molar-refractivity contribution in [3.63, 3.8) is 0 Å². The molecule has 1 aliphatic rings. The number of rotatable bonds is 12. The number of benzene rings is 2. The summed E-state index contributed by atoms with van der Waals surface area (Å²) in [5.74, 6) is -2.31. The first-order valence-electron chi connectivity index (χ1n) is 13.6. The largest absolute Gasteiger partial charge is 0.494 e. The second-order valence-corrected chi connectivity index (χ2v) is 10.1. The maximum atomic E-state index is 13.8. The molecule has 3 rings (SSSR count). The second-order valence-electron chi connectivity index (χ2n) is 10.1. The van der Waals surface area contributed by atoms with E-state index in [4.69, 9.17) is 15.2 Å². The zero-order valence-corrected chi connectivity index (χ0v) is 23.2. The molecule has 216 valence electrons. The van der Waals surface area contributed by atoms with E-state index in [0.717, 1.165) is 31.2 Å². The second kappa shape index (κ2) is 15.6. The predicted molar refractivity (Wildman–Crippen MR) is 150 cm³/mol. The molecule has 1 saturated carbocycles. The Morgan fingerprint density at radius 3 is 2.45 bits per heavy atom. The minimum atomic E-state index is -0.813. The number of methoxy groups -OCH3 is 2. The van der Waals surface area contributed by atoms with Crippen LogP contribution >= 0.6 is 0 Å². The van der Waals surface area contributed by atoms with Crippen molar-refractivity contribution in [3.05, 3.63) is 65.5 Å². The van der Waals surface area contributed by atoms with Crippen molar-refractivity contribution in [2.24, 2.45) is 22.6 Å². The van der Waals surface area contributed by atoms with Gasteiger partial charge in [-0.3, -0.25) is 19.7 Å². The van der Waals surface area contributed by atoms with Crippen molar-refractivity contribution >= 4 is 23.7 Å². The summed E-state index contributed by atoms with van der Waals surface area (Å²) < 4.78 is 23.7. The van der Waals surface area contributed by atoms with Crippen LogP contribution in [0, 0.1) is 17.7 Å². The number of nitrogens with one attached hydrogen (secondary N) is 2. The number of aliphatic imine (C=N–C) groups is 1. The Hall–Kier alpha value is -3.95. The molecule has 0 radical (unpaired) electrons. The van der Waals surface area contributed by atoms with E-state index < -0.39 is 29.7 Å². The zero-order chi connectivity index (χ0) is 28.9. The molecule has 0 unspecified atom stereocenters. The number of hydrogen-bond acceptors (Lipinski definition) is 6. The van der Waals surface area contributed by atoms with E-state index in [9.17, 15) is 18.8 Å². The first kappa shape index (κ1) is 30.6. The Bertz CT molecular complexity index is 1170. The fourth-order valence-electron chi connectivity index (χ4n) is 5.00.